The van der Waals surface area contributed by atoms with Crippen molar-refractivity contribution < 1.29 is 35.1 Å². The molecule has 2 aromatic rings. The fourth-order valence-corrected chi connectivity index (χ4v) is 2.18. The van der Waals surface area contributed by atoms with E-state index in [0.717, 1.165) is 10.8 Å². The highest BCUT2D eigenvalue weighted by atomic mass is 19.4. The first-order chi connectivity index (χ1) is 12.7. The van der Waals surface area contributed by atoms with Crippen molar-refractivity contribution in [1.29, 1.82) is 5.41 Å². The molecule has 0 spiro atoms. The van der Waals surface area contributed by atoms with Gasteiger partial charge in [-0.05, 0) is 0 Å². The highest BCUT2D eigenvalue weighted by Gasteiger charge is 2.57. The van der Waals surface area contributed by atoms with E-state index in [4.69, 9.17) is 5.41 Å². The molecular formula is C14H11F8N5O. The molecule has 0 aliphatic carbocycles. The zero-order chi connectivity index (χ0) is 21.5. The Hall–Kier alpha value is -2.93. The van der Waals surface area contributed by atoms with Crippen LogP contribution in [0.25, 0.3) is 11.4 Å². The van der Waals surface area contributed by atoms with Crippen LogP contribution in [0.5, 0.6) is 0 Å². The summed E-state index contributed by atoms with van der Waals surface area (Å²) < 4.78 is 104. The van der Waals surface area contributed by atoms with Gasteiger partial charge in [0.2, 0.25) is 5.78 Å². The first-order valence-corrected chi connectivity index (χ1v) is 7.24. The molecule has 0 saturated heterocycles. The van der Waals surface area contributed by atoms with E-state index in [2.05, 4.69) is 4.98 Å². The summed E-state index contributed by atoms with van der Waals surface area (Å²) in [6.07, 6.45) is -8.23. The molecule has 0 bridgehead atoms. The van der Waals surface area contributed by atoms with E-state index in [1.165, 1.54) is 18.6 Å². The van der Waals surface area contributed by atoms with Crippen molar-refractivity contribution in [3.8, 4) is 0 Å². The second-order valence-corrected chi connectivity index (χ2v) is 5.54. The SMILES string of the molecule is Cn1ccn2c(=O)c(/C(C=N)=C/NCC(F)(F)C(F)(F)F)c(C(F)(F)F)nc12. The maximum absolute atomic E-state index is 13.3. The predicted octanol–water partition coefficient (Wildman–Crippen LogP) is 2.83. The maximum Gasteiger partial charge on any atom is 0.455 e. The molecule has 2 rings (SSSR count). The minimum Gasteiger partial charge on any atom is -0.384 e. The van der Waals surface area contributed by atoms with Crippen LogP contribution in [-0.4, -0.2) is 38.8 Å². The normalized spacial score (nSPS) is 13.8. The molecule has 0 aliphatic rings. The van der Waals surface area contributed by atoms with Gasteiger partial charge in [0.1, 0.15) is 0 Å². The average Bonchev–Trinajstić information content (AvgIpc) is 2.92. The lowest BCUT2D eigenvalue weighted by Crippen LogP contribution is -2.44. The van der Waals surface area contributed by atoms with Gasteiger partial charge in [-0.15, -0.1) is 0 Å². The minimum atomic E-state index is -5.89. The molecule has 0 amide bonds. The van der Waals surface area contributed by atoms with Gasteiger partial charge in [0.15, 0.2) is 5.69 Å². The van der Waals surface area contributed by atoms with Gasteiger partial charge in [-0.3, -0.25) is 9.20 Å². The topological polar surface area (TPSA) is 75.2 Å². The van der Waals surface area contributed by atoms with Gasteiger partial charge in [-0.25, -0.2) is 4.98 Å². The van der Waals surface area contributed by atoms with Crippen molar-refractivity contribution in [2.75, 3.05) is 6.54 Å². The molecule has 14 heteroatoms. The number of rotatable bonds is 5. The zero-order valence-corrected chi connectivity index (χ0v) is 13.8. The van der Waals surface area contributed by atoms with Crippen LogP contribution in [0.2, 0.25) is 0 Å². The highest BCUT2D eigenvalue weighted by Crippen LogP contribution is 2.35. The van der Waals surface area contributed by atoms with E-state index < -0.39 is 47.2 Å². The lowest BCUT2D eigenvalue weighted by molar-refractivity contribution is -0.278. The molecule has 2 N–H and O–H groups in total. The number of hydrogen-bond donors (Lipinski definition) is 2. The van der Waals surface area contributed by atoms with Gasteiger partial charge in [0.05, 0.1) is 12.1 Å². The standard InChI is InChI=1S/C14H11F8N5O/c1-26-2-3-27-10(28)8(9(13(17,18)19)25-11(26)27)7(4-23)5-24-6-12(15,16)14(20,21)22/h2-5,23-24H,6H2,1H3/b7-5+,23-4?. The molecule has 6 nitrogen and oxygen atoms in total. The summed E-state index contributed by atoms with van der Waals surface area (Å²) in [5, 5.41) is 8.68. The molecule has 2 heterocycles. The Morgan fingerprint density at radius 3 is 2.29 bits per heavy atom. The maximum atomic E-state index is 13.3. The van der Waals surface area contributed by atoms with Crippen LogP contribution in [0, 0.1) is 5.41 Å². The van der Waals surface area contributed by atoms with Gasteiger partial charge in [-0.2, -0.15) is 35.1 Å². The summed E-state index contributed by atoms with van der Waals surface area (Å²) in [5.41, 5.74) is -5.04. The van der Waals surface area contributed by atoms with Gasteiger partial charge in [0, 0.05) is 37.4 Å². The summed E-state index contributed by atoms with van der Waals surface area (Å²) >= 11 is 0. The fourth-order valence-electron chi connectivity index (χ4n) is 2.18. The van der Waals surface area contributed by atoms with Crippen molar-refractivity contribution in [1.82, 2.24) is 19.3 Å². The zero-order valence-electron chi connectivity index (χ0n) is 13.8. The number of aryl methyl sites for hydroxylation is 1. The van der Waals surface area contributed by atoms with Crippen molar-refractivity contribution in [2.24, 2.45) is 7.05 Å². The van der Waals surface area contributed by atoms with Crippen LogP contribution in [0.4, 0.5) is 35.1 Å². The van der Waals surface area contributed by atoms with E-state index >= 15 is 0 Å². The van der Waals surface area contributed by atoms with Crippen LogP contribution in [0.15, 0.2) is 23.4 Å². The van der Waals surface area contributed by atoms with Crippen LogP contribution >= 0.6 is 0 Å². The summed E-state index contributed by atoms with van der Waals surface area (Å²) in [7, 11) is 1.32. The quantitative estimate of drug-likeness (QED) is 0.581. The molecule has 0 saturated carbocycles. The van der Waals surface area contributed by atoms with Crippen molar-refractivity contribution in [2.45, 2.75) is 18.3 Å². The third-order valence-corrected chi connectivity index (χ3v) is 3.56. The number of fused-ring (bicyclic) bond motifs is 1. The second kappa shape index (κ2) is 6.91. The molecule has 2 aromatic heterocycles. The van der Waals surface area contributed by atoms with E-state index in [9.17, 15) is 39.9 Å². The van der Waals surface area contributed by atoms with Crippen LogP contribution < -0.4 is 10.9 Å². The minimum absolute atomic E-state index is 0.210. The first kappa shape index (κ1) is 21.4. The van der Waals surface area contributed by atoms with E-state index in [1.54, 1.807) is 0 Å². The Bertz CT molecular complexity index is 982. The van der Waals surface area contributed by atoms with E-state index in [0.29, 0.717) is 10.6 Å². The number of nitrogens with one attached hydrogen (secondary N) is 2. The number of alkyl halides is 8. The summed E-state index contributed by atoms with van der Waals surface area (Å²) in [6.45, 7) is -2.00. The lowest BCUT2D eigenvalue weighted by atomic mass is 10.1. The van der Waals surface area contributed by atoms with Crippen LogP contribution in [0.3, 0.4) is 0 Å². The Labute approximate surface area is 150 Å². The molecular weight excluding hydrogens is 406 g/mol. The molecule has 0 unspecified atom stereocenters. The molecule has 0 radical (unpaired) electrons. The number of hydrogen-bond acceptors (Lipinski definition) is 4. The third kappa shape index (κ3) is 3.84. The van der Waals surface area contributed by atoms with Gasteiger partial charge >= 0.3 is 18.3 Å². The molecule has 0 atom stereocenters. The molecule has 0 fully saturated rings. The lowest BCUT2D eigenvalue weighted by Gasteiger charge is -2.19. The summed E-state index contributed by atoms with van der Waals surface area (Å²) in [4.78, 5) is 15.8. The second-order valence-electron chi connectivity index (χ2n) is 5.54. The Kier molecular flexibility index (Phi) is 5.27. The molecule has 0 aromatic carbocycles. The largest absolute Gasteiger partial charge is 0.455 e. The van der Waals surface area contributed by atoms with Gasteiger partial charge < -0.3 is 15.3 Å². The van der Waals surface area contributed by atoms with Crippen LogP contribution in [0.1, 0.15) is 11.3 Å². The van der Waals surface area contributed by atoms with Crippen molar-refractivity contribution in [3.05, 3.63) is 40.2 Å². The fraction of sp³-hybridized carbons (Fsp3) is 0.357. The number of allylic oxidation sites excluding steroid dienone is 1. The Balaban J connectivity index is 2.59. The molecule has 0 aliphatic heterocycles. The number of aromatic nitrogens is 3. The number of imidazole rings is 1. The van der Waals surface area contributed by atoms with Crippen molar-refractivity contribution in [3.63, 3.8) is 0 Å². The highest BCUT2D eigenvalue weighted by molar-refractivity contribution is 6.08. The molecule has 28 heavy (non-hydrogen) atoms. The Morgan fingerprint density at radius 2 is 1.79 bits per heavy atom. The van der Waals surface area contributed by atoms with E-state index in [-0.39, 0.29) is 12.0 Å². The van der Waals surface area contributed by atoms with Crippen LogP contribution in [-0.2, 0) is 13.2 Å². The summed E-state index contributed by atoms with van der Waals surface area (Å²) in [5.74, 6) is -5.57. The van der Waals surface area contributed by atoms with Crippen molar-refractivity contribution >= 4 is 17.6 Å². The monoisotopic (exact) mass is 417 g/mol. The predicted molar refractivity (Wildman–Crippen MR) is 81.2 cm³/mol. The first-order valence-electron chi connectivity index (χ1n) is 7.24. The van der Waals surface area contributed by atoms with Gasteiger partial charge in [-0.1, -0.05) is 0 Å². The summed E-state index contributed by atoms with van der Waals surface area (Å²) in [6, 6.07) is 0. The number of nitrogens with zero attached hydrogens (tertiary/aromatic N) is 3. The average molecular weight is 417 g/mol. The van der Waals surface area contributed by atoms with E-state index in [1.807, 2.05) is 0 Å². The van der Waals surface area contributed by atoms with Gasteiger partial charge in [0.25, 0.3) is 5.56 Å². The smallest absolute Gasteiger partial charge is 0.384 e. The third-order valence-electron chi connectivity index (χ3n) is 3.56. The Morgan fingerprint density at radius 1 is 1.18 bits per heavy atom. The number of halogens is 8. The molecule has 154 valence electrons.